The first-order chi connectivity index (χ1) is 16.7. The Kier molecular flexibility index (Phi) is 7.53. The van der Waals surface area contributed by atoms with Gasteiger partial charge in [-0.15, -0.1) is 11.3 Å². The minimum absolute atomic E-state index is 0.144. The maximum Gasteiger partial charge on any atom is 0.253 e. The molecule has 10 nitrogen and oxygen atoms in total. The van der Waals surface area contributed by atoms with Gasteiger partial charge in [0.2, 0.25) is 15.9 Å². The van der Waals surface area contributed by atoms with Gasteiger partial charge < -0.3 is 20.3 Å². The Hall–Kier alpha value is -3.22. The molecule has 0 aliphatic carbocycles. The van der Waals surface area contributed by atoms with E-state index in [2.05, 4.69) is 32.7 Å². The van der Waals surface area contributed by atoms with Gasteiger partial charge in [0.1, 0.15) is 0 Å². The van der Waals surface area contributed by atoms with Crippen LogP contribution in [-0.4, -0.2) is 68.3 Å². The molecular formula is C23H27N5O5S2. The van der Waals surface area contributed by atoms with Crippen LogP contribution in [0.4, 0.5) is 10.8 Å². The summed E-state index contributed by atoms with van der Waals surface area (Å²) in [6.45, 7) is 1.55. The number of piperidine rings is 1. The quantitative estimate of drug-likeness (QED) is 0.470. The fraction of sp³-hybridized carbons (Fsp3) is 0.348. The van der Waals surface area contributed by atoms with Crippen molar-refractivity contribution < 1.29 is 22.7 Å². The normalized spacial score (nSPS) is 16.2. The molecule has 4 rings (SSSR count). The van der Waals surface area contributed by atoms with E-state index in [1.54, 1.807) is 7.11 Å². The van der Waals surface area contributed by atoms with Crippen molar-refractivity contribution in [3.8, 4) is 11.3 Å². The van der Waals surface area contributed by atoms with E-state index in [0.29, 0.717) is 5.13 Å². The minimum atomic E-state index is -3.48. The van der Waals surface area contributed by atoms with Gasteiger partial charge in [-0.1, -0.05) is 12.1 Å². The lowest BCUT2D eigenvalue weighted by atomic mass is 10.1. The Morgan fingerprint density at radius 3 is 2.86 bits per heavy atom. The van der Waals surface area contributed by atoms with E-state index in [-0.39, 0.29) is 18.2 Å². The molecule has 1 aliphatic heterocycles. The molecule has 0 saturated carbocycles. The van der Waals surface area contributed by atoms with Gasteiger partial charge >= 0.3 is 0 Å². The van der Waals surface area contributed by atoms with Crippen LogP contribution in [0, 0.1) is 0 Å². The predicted octanol–water partition coefficient (Wildman–Crippen LogP) is 2.40. The maximum atomic E-state index is 12.3. The van der Waals surface area contributed by atoms with Crippen LogP contribution in [0.3, 0.4) is 0 Å². The summed E-state index contributed by atoms with van der Waals surface area (Å²) < 4.78 is 29.5. The first-order valence-corrected chi connectivity index (χ1v) is 13.8. The van der Waals surface area contributed by atoms with Crippen molar-refractivity contribution in [1.82, 2.24) is 14.3 Å². The van der Waals surface area contributed by atoms with Crippen molar-refractivity contribution in [2.45, 2.75) is 18.9 Å². The smallest absolute Gasteiger partial charge is 0.253 e. The number of benzene rings is 1. The Balaban J connectivity index is 1.34. The molecule has 2 aromatic heterocycles. The summed E-state index contributed by atoms with van der Waals surface area (Å²) in [5.41, 5.74) is 2.95. The molecule has 2 N–H and O–H groups in total. The fourth-order valence-electron chi connectivity index (χ4n) is 3.83. The number of aromatic nitrogens is 2. The van der Waals surface area contributed by atoms with Crippen LogP contribution in [-0.2, 0) is 19.6 Å². The van der Waals surface area contributed by atoms with E-state index in [1.807, 2.05) is 17.5 Å². The standard InChI is InChI=1S/C23H27N5O5S2/c1-33-19-7-4-9-27(14-19)18-6-3-5-16(11-18)20-15-34-23(25-20)26-21(29)12-24-22(30)17-8-10-28(13-17)35(2,31)32/h3,5-6,8,10-11,13,15,19H,4,7,9,12,14H2,1-2H3,(H,24,30)(H,25,26,29). The highest BCUT2D eigenvalue weighted by Crippen LogP contribution is 2.29. The molecule has 3 heterocycles. The second-order valence-electron chi connectivity index (χ2n) is 8.26. The lowest BCUT2D eigenvalue weighted by molar-refractivity contribution is -0.115. The number of amides is 2. The molecule has 1 fully saturated rings. The summed E-state index contributed by atoms with van der Waals surface area (Å²) in [5.74, 6) is -0.984. The second-order valence-corrected chi connectivity index (χ2v) is 11.0. The zero-order valence-electron chi connectivity index (χ0n) is 19.4. The highest BCUT2D eigenvalue weighted by molar-refractivity contribution is 7.89. The Morgan fingerprint density at radius 2 is 2.11 bits per heavy atom. The maximum absolute atomic E-state index is 12.3. The highest BCUT2D eigenvalue weighted by Gasteiger charge is 2.20. The molecule has 186 valence electrons. The number of nitrogens with one attached hydrogen (secondary N) is 2. The van der Waals surface area contributed by atoms with E-state index in [0.717, 1.165) is 53.1 Å². The average molecular weight is 518 g/mol. The molecule has 35 heavy (non-hydrogen) atoms. The highest BCUT2D eigenvalue weighted by atomic mass is 32.2. The fourth-order valence-corrected chi connectivity index (χ4v) is 5.16. The molecule has 1 unspecified atom stereocenters. The summed E-state index contributed by atoms with van der Waals surface area (Å²) >= 11 is 1.30. The molecule has 3 aromatic rings. The molecule has 1 saturated heterocycles. The Labute approximate surface area is 208 Å². The molecule has 2 amide bonds. The summed E-state index contributed by atoms with van der Waals surface area (Å²) in [6, 6.07) is 9.50. The SMILES string of the molecule is COC1CCCN(c2cccc(-c3csc(NC(=O)CNC(=O)c4ccn(S(C)(=O)=O)c4)n3)c2)C1. The zero-order chi connectivity index (χ0) is 25.0. The van der Waals surface area contributed by atoms with Gasteiger partial charge in [0, 0.05) is 49.2 Å². The lowest BCUT2D eigenvalue weighted by Crippen LogP contribution is -2.39. The van der Waals surface area contributed by atoms with Gasteiger partial charge in [-0.2, -0.15) is 0 Å². The first kappa shape index (κ1) is 24.9. The van der Waals surface area contributed by atoms with E-state index in [9.17, 15) is 18.0 Å². The van der Waals surface area contributed by atoms with Crippen molar-refractivity contribution >= 4 is 44.0 Å². The summed E-state index contributed by atoms with van der Waals surface area (Å²) in [5, 5.41) is 7.45. The molecule has 0 spiro atoms. The third-order valence-corrected chi connectivity index (χ3v) is 7.44. The van der Waals surface area contributed by atoms with Gasteiger partial charge in [-0.05, 0) is 31.0 Å². The molecule has 0 bridgehead atoms. The first-order valence-electron chi connectivity index (χ1n) is 11.0. The van der Waals surface area contributed by atoms with Gasteiger partial charge in [-0.3, -0.25) is 13.6 Å². The number of anilines is 2. The number of nitrogens with zero attached hydrogens (tertiary/aromatic N) is 3. The Bertz CT molecular complexity index is 1320. The summed E-state index contributed by atoms with van der Waals surface area (Å²) in [4.78, 5) is 31.3. The van der Waals surface area contributed by atoms with Crippen LogP contribution in [0.15, 0.2) is 48.1 Å². The molecule has 12 heteroatoms. The number of thiazole rings is 1. The summed E-state index contributed by atoms with van der Waals surface area (Å²) in [7, 11) is -1.73. The van der Waals surface area contributed by atoms with Crippen molar-refractivity contribution in [1.29, 1.82) is 0 Å². The van der Waals surface area contributed by atoms with Crippen LogP contribution < -0.4 is 15.5 Å². The zero-order valence-corrected chi connectivity index (χ0v) is 21.1. The Morgan fingerprint density at radius 1 is 1.29 bits per heavy atom. The monoisotopic (exact) mass is 517 g/mol. The summed E-state index contributed by atoms with van der Waals surface area (Å²) in [6.07, 6.45) is 5.88. The number of ether oxygens (including phenoxy) is 1. The number of carbonyl (C=O) groups excluding carboxylic acids is 2. The minimum Gasteiger partial charge on any atom is -0.380 e. The topological polar surface area (TPSA) is 123 Å². The predicted molar refractivity (Wildman–Crippen MR) is 135 cm³/mol. The molecule has 1 atom stereocenters. The third kappa shape index (κ3) is 6.27. The van der Waals surface area contributed by atoms with Gasteiger partial charge in [0.25, 0.3) is 5.91 Å². The van der Waals surface area contributed by atoms with Crippen molar-refractivity contribution in [2.24, 2.45) is 0 Å². The number of methoxy groups -OCH3 is 1. The van der Waals surface area contributed by atoms with Crippen molar-refractivity contribution in [3.05, 3.63) is 53.7 Å². The lowest BCUT2D eigenvalue weighted by Gasteiger charge is -2.33. The molecular weight excluding hydrogens is 490 g/mol. The average Bonchev–Trinajstić information content (AvgIpc) is 3.53. The van der Waals surface area contributed by atoms with Crippen LogP contribution in [0.25, 0.3) is 11.3 Å². The van der Waals surface area contributed by atoms with Crippen molar-refractivity contribution in [2.75, 3.05) is 43.2 Å². The van der Waals surface area contributed by atoms with E-state index < -0.39 is 21.8 Å². The molecule has 1 aliphatic rings. The largest absolute Gasteiger partial charge is 0.380 e. The van der Waals surface area contributed by atoms with E-state index in [4.69, 9.17) is 4.74 Å². The van der Waals surface area contributed by atoms with Gasteiger partial charge in [-0.25, -0.2) is 13.4 Å². The molecule has 0 radical (unpaired) electrons. The van der Waals surface area contributed by atoms with Crippen LogP contribution >= 0.6 is 11.3 Å². The second kappa shape index (κ2) is 10.6. The van der Waals surface area contributed by atoms with Crippen LogP contribution in [0.5, 0.6) is 0 Å². The molecule has 1 aromatic carbocycles. The van der Waals surface area contributed by atoms with Gasteiger partial charge in [0.05, 0.1) is 30.2 Å². The number of rotatable bonds is 8. The van der Waals surface area contributed by atoms with Crippen LogP contribution in [0.2, 0.25) is 0 Å². The number of carbonyl (C=O) groups is 2. The van der Waals surface area contributed by atoms with E-state index >= 15 is 0 Å². The van der Waals surface area contributed by atoms with Crippen molar-refractivity contribution in [3.63, 3.8) is 0 Å². The number of hydrogen-bond donors (Lipinski definition) is 2. The third-order valence-electron chi connectivity index (χ3n) is 5.69. The van der Waals surface area contributed by atoms with E-state index in [1.165, 1.54) is 29.8 Å². The van der Waals surface area contributed by atoms with Gasteiger partial charge in [0.15, 0.2) is 5.13 Å². The number of hydrogen-bond acceptors (Lipinski definition) is 8. The van der Waals surface area contributed by atoms with Crippen LogP contribution in [0.1, 0.15) is 23.2 Å².